The van der Waals surface area contributed by atoms with E-state index in [1.165, 1.54) is 28.9 Å². The number of ether oxygens (including phenoxy) is 1. The smallest absolute Gasteiger partial charge is 0.250 e. The Kier molecular flexibility index (Phi) is 4.69. The number of fused-ring (bicyclic) bond motifs is 1. The quantitative estimate of drug-likeness (QED) is 0.782. The summed E-state index contributed by atoms with van der Waals surface area (Å²) in [6, 6.07) is 5.69. The van der Waals surface area contributed by atoms with E-state index in [9.17, 15) is 14.0 Å². The van der Waals surface area contributed by atoms with Crippen molar-refractivity contribution in [3.05, 3.63) is 30.1 Å². The second kappa shape index (κ2) is 7.07. The van der Waals surface area contributed by atoms with Crippen LogP contribution in [0.25, 0.3) is 0 Å². The number of anilines is 2. The van der Waals surface area contributed by atoms with E-state index in [4.69, 9.17) is 4.74 Å². The summed E-state index contributed by atoms with van der Waals surface area (Å²) in [5.74, 6) is 0.361. The molecule has 2 aromatic rings. The van der Waals surface area contributed by atoms with Crippen LogP contribution in [0.2, 0.25) is 0 Å². The Labute approximate surface area is 137 Å². The fourth-order valence-corrected chi connectivity index (χ4v) is 2.18. The number of carbonyl (C=O) groups is 2. The topological polar surface area (TPSA) is 98.1 Å². The van der Waals surface area contributed by atoms with E-state index in [-0.39, 0.29) is 30.0 Å². The number of carbonyl (C=O) groups excluding carboxylic acids is 2. The predicted molar refractivity (Wildman–Crippen MR) is 83.0 cm³/mol. The second-order valence-corrected chi connectivity index (χ2v) is 5.23. The van der Waals surface area contributed by atoms with Crippen LogP contribution in [0.5, 0.6) is 5.75 Å². The molecule has 2 heterocycles. The number of nitrogens with one attached hydrogen (secondary N) is 2. The summed E-state index contributed by atoms with van der Waals surface area (Å²) in [5, 5.41) is 9.26. The Morgan fingerprint density at radius 1 is 1.38 bits per heavy atom. The standard InChI is InChI=1S/C15H16FN5O3/c16-10-3-5-11(6-4-10)24-9-1-2-12(22)17-14-19-15-18-13(23)7-8-21(15)20-14/h3-6H,1-2,7-9H2,(H2,17,18,19,20,22,23). The molecule has 0 fully saturated rings. The molecular formula is C15H16FN5O3. The molecule has 1 aromatic heterocycles. The molecule has 2 N–H and O–H groups in total. The second-order valence-electron chi connectivity index (χ2n) is 5.23. The van der Waals surface area contributed by atoms with Crippen molar-refractivity contribution < 1.29 is 18.7 Å². The van der Waals surface area contributed by atoms with Crippen LogP contribution in [0.3, 0.4) is 0 Å². The summed E-state index contributed by atoms with van der Waals surface area (Å²) in [6.45, 7) is 0.776. The summed E-state index contributed by atoms with van der Waals surface area (Å²) in [6.07, 6.45) is 1.06. The monoisotopic (exact) mass is 333 g/mol. The lowest BCUT2D eigenvalue weighted by molar-refractivity contribution is -0.117. The van der Waals surface area contributed by atoms with Crippen molar-refractivity contribution in [2.24, 2.45) is 0 Å². The molecule has 0 radical (unpaired) electrons. The highest BCUT2D eigenvalue weighted by atomic mass is 19.1. The summed E-state index contributed by atoms with van der Waals surface area (Å²) in [4.78, 5) is 27.2. The molecular weight excluding hydrogens is 317 g/mol. The van der Waals surface area contributed by atoms with Crippen LogP contribution in [-0.4, -0.2) is 33.2 Å². The highest BCUT2D eigenvalue weighted by Gasteiger charge is 2.19. The first-order valence-corrected chi connectivity index (χ1v) is 7.53. The molecule has 126 valence electrons. The zero-order valence-electron chi connectivity index (χ0n) is 12.8. The first-order valence-electron chi connectivity index (χ1n) is 7.53. The number of amides is 2. The predicted octanol–water partition coefficient (Wildman–Crippen LogP) is 1.56. The number of nitrogens with zero attached hydrogens (tertiary/aromatic N) is 3. The third-order valence-electron chi connectivity index (χ3n) is 3.36. The molecule has 0 saturated carbocycles. The zero-order valence-corrected chi connectivity index (χ0v) is 12.8. The summed E-state index contributed by atoms with van der Waals surface area (Å²) in [5.41, 5.74) is 0. The summed E-state index contributed by atoms with van der Waals surface area (Å²) in [7, 11) is 0. The average Bonchev–Trinajstić information content (AvgIpc) is 2.94. The van der Waals surface area contributed by atoms with Crippen LogP contribution < -0.4 is 15.4 Å². The van der Waals surface area contributed by atoms with Gasteiger partial charge in [-0.3, -0.25) is 20.2 Å². The maximum absolute atomic E-state index is 12.7. The molecule has 3 rings (SSSR count). The normalized spacial score (nSPS) is 13.1. The molecule has 0 unspecified atom stereocenters. The van der Waals surface area contributed by atoms with E-state index in [0.717, 1.165) is 0 Å². The molecule has 1 aliphatic heterocycles. The number of hydrogen-bond donors (Lipinski definition) is 2. The molecule has 8 nitrogen and oxygen atoms in total. The molecule has 0 bridgehead atoms. The minimum absolute atomic E-state index is 0.120. The van der Waals surface area contributed by atoms with E-state index < -0.39 is 0 Å². The lowest BCUT2D eigenvalue weighted by atomic mass is 10.3. The maximum atomic E-state index is 12.7. The van der Waals surface area contributed by atoms with Crippen molar-refractivity contribution in [3.63, 3.8) is 0 Å². The van der Waals surface area contributed by atoms with E-state index >= 15 is 0 Å². The van der Waals surface area contributed by atoms with E-state index in [0.29, 0.717) is 37.7 Å². The zero-order chi connectivity index (χ0) is 16.9. The third-order valence-corrected chi connectivity index (χ3v) is 3.36. The molecule has 0 saturated heterocycles. The third kappa shape index (κ3) is 4.06. The van der Waals surface area contributed by atoms with Crippen LogP contribution in [0.15, 0.2) is 24.3 Å². The van der Waals surface area contributed by atoms with Crippen molar-refractivity contribution >= 4 is 23.7 Å². The Bertz CT molecular complexity index is 744. The molecule has 1 aromatic carbocycles. The van der Waals surface area contributed by atoms with Crippen molar-refractivity contribution in [2.75, 3.05) is 17.2 Å². The summed E-state index contributed by atoms with van der Waals surface area (Å²) < 4.78 is 19.7. The fraction of sp³-hybridized carbons (Fsp3) is 0.333. The number of halogens is 1. The Morgan fingerprint density at radius 3 is 2.96 bits per heavy atom. The van der Waals surface area contributed by atoms with Crippen molar-refractivity contribution in [1.29, 1.82) is 0 Å². The van der Waals surface area contributed by atoms with Gasteiger partial charge >= 0.3 is 0 Å². The van der Waals surface area contributed by atoms with Gasteiger partial charge in [0.15, 0.2) is 0 Å². The van der Waals surface area contributed by atoms with E-state index in [1.807, 2.05) is 0 Å². The molecule has 9 heteroatoms. The van der Waals surface area contributed by atoms with Gasteiger partial charge in [0.1, 0.15) is 11.6 Å². The molecule has 0 spiro atoms. The van der Waals surface area contributed by atoms with Crippen molar-refractivity contribution in [1.82, 2.24) is 14.8 Å². The van der Waals surface area contributed by atoms with Gasteiger partial charge in [-0.2, -0.15) is 4.98 Å². The van der Waals surface area contributed by atoms with Gasteiger partial charge in [0.05, 0.1) is 13.2 Å². The van der Waals surface area contributed by atoms with Crippen LogP contribution in [0.4, 0.5) is 16.3 Å². The molecule has 24 heavy (non-hydrogen) atoms. The molecule has 0 atom stereocenters. The Hall–Kier alpha value is -2.97. The van der Waals surface area contributed by atoms with Crippen LogP contribution in [0, 0.1) is 5.82 Å². The van der Waals surface area contributed by atoms with Gasteiger partial charge in [-0.25, -0.2) is 9.07 Å². The minimum Gasteiger partial charge on any atom is -0.494 e. The van der Waals surface area contributed by atoms with Crippen molar-refractivity contribution in [3.8, 4) is 5.75 Å². The van der Waals surface area contributed by atoms with Gasteiger partial charge in [0.25, 0.3) is 5.95 Å². The number of benzene rings is 1. The number of rotatable bonds is 6. The average molecular weight is 333 g/mol. The highest BCUT2D eigenvalue weighted by molar-refractivity contribution is 5.91. The van der Waals surface area contributed by atoms with Gasteiger partial charge in [-0.1, -0.05) is 0 Å². The van der Waals surface area contributed by atoms with E-state index in [2.05, 4.69) is 20.7 Å². The number of hydrogen-bond acceptors (Lipinski definition) is 5. The van der Waals surface area contributed by atoms with E-state index in [1.54, 1.807) is 0 Å². The lowest BCUT2D eigenvalue weighted by Crippen LogP contribution is -2.23. The van der Waals surface area contributed by atoms with Crippen molar-refractivity contribution in [2.45, 2.75) is 25.8 Å². The maximum Gasteiger partial charge on any atom is 0.250 e. The lowest BCUT2D eigenvalue weighted by Gasteiger charge is -2.11. The Balaban J connectivity index is 1.41. The minimum atomic E-state index is -0.326. The number of aromatic nitrogens is 3. The fourth-order valence-electron chi connectivity index (χ4n) is 2.18. The SMILES string of the molecule is O=C(CCCOc1ccc(F)cc1)Nc1nc2n(n1)CCC(=O)N2. The Morgan fingerprint density at radius 2 is 2.17 bits per heavy atom. The summed E-state index contributed by atoms with van der Waals surface area (Å²) >= 11 is 0. The van der Waals surface area contributed by atoms with Gasteiger partial charge in [0.2, 0.25) is 17.8 Å². The van der Waals surface area contributed by atoms with Crippen LogP contribution >= 0.6 is 0 Å². The molecule has 0 aliphatic carbocycles. The van der Waals surface area contributed by atoms with Gasteiger partial charge in [-0.05, 0) is 30.7 Å². The first-order chi connectivity index (χ1) is 11.6. The van der Waals surface area contributed by atoms with Gasteiger partial charge < -0.3 is 4.74 Å². The van der Waals surface area contributed by atoms with Crippen LogP contribution in [0.1, 0.15) is 19.3 Å². The number of aryl methyl sites for hydroxylation is 1. The van der Waals surface area contributed by atoms with Gasteiger partial charge in [-0.15, -0.1) is 5.10 Å². The van der Waals surface area contributed by atoms with Gasteiger partial charge in [0, 0.05) is 12.8 Å². The largest absolute Gasteiger partial charge is 0.494 e. The van der Waals surface area contributed by atoms with Crippen LogP contribution in [-0.2, 0) is 16.1 Å². The molecule has 1 aliphatic rings. The highest BCUT2D eigenvalue weighted by Crippen LogP contribution is 2.15. The molecule has 2 amide bonds. The first kappa shape index (κ1) is 15.9.